The van der Waals surface area contributed by atoms with E-state index in [2.05, 4.69) is 36.4 Å². The number of rotatable bonds is 25. The van der Waals surface area contributed by atoms with E-state index in [1.54, 1.807) is 0 Å². The average Bonchev–Trinajstić information content (AvgIpc) is 3.44. The van der Waals surface area contributed by atoms with Crippen molar-refractivity contribution >= 4 is 11.8 Å². The highest BCUT2D eigenvalue weighted by atomic mass is 16.6. The molecule has 2 amide bonds. The lowest BCUT2D eigenvalue weighted by Crippen LogP contribution is -2.34. The third-order valence-electron chi connectivity index (χ3n) is 7.31. The van der Waals surface area contributed by atoms with Crippen LogP contribution < -0.4 is 0 Å². The molecule has 3 aromatic carbocycles. The molecule has 0 unspecified atom stereocenters. The molecule has 47 heavy (non-hydrogen) atoms. The Labute approximate surface area is 277 Å². The van der Waals surface area contributed by atoms with Crippen LogP contribution in [0.1, 0.15) is 16.7 Å². The van der Waals surface area contributed by atoms with Gasteiger partial charge in [0.15, 0.2) is 0 Å². The molecule has 0 fully saturated rings. The van der Waals surface area contributed by atoms with Crippen LogP contribution in [0.2, 0.25) is 0 Å². The van der Waals surface area contributed by atoms with E-state index >= 15 is 0 Å². The van der Waals surface area contributed by atoms with Crippen LogP contribution in [-0.4, -0.2) is 109 Å². The Balaban J connectivity index is 0.987. The third-order valence-corrected chi connectivity index (χ3v) is 7.31. The lowest BCUT2D eigenvalue weighted by atomic mass is 9.80. The Kier molecular flexibility index (Phi) is 16.3. The summed E-state index contributed by atoms with van der Waals surface area (Å²) in [5, 5.41) is 0. The van der Waals surface area contributed by atoms with E-state index in [0.717, 1.165) is 21.6 Å². The fraction of sp³-hybridized carbons (Fsp3) is 0.405. The molecule has 0 atom stereocenters. The van der Waals surface area contributed by atoms with Crippen LogP contribution in [-0.2, 0) is 48.3 Å². The maximum absolute atomic E-state index is 11.4. The number of nitrogens with zero attached hydrogens (tertiary/aromatic N) is 1. The van der Waals surface area contributed by atoms with E-state index in [-0.39, 0.29) is 25.0 Å². The second kappa shape index (κ2) is 21.2. The van der Waals surface area contributed by atoms with Gasteiger partial charge in [0.05, 0.1) is 92.4 Å². The van der Waals surface area contributed by atoms with Gasteiger partial charge in [0.2, 0.25) is 0 Å². The first-order valence-corrected chi connectivity index (χ1v) is 16.0. The Bertz CT molecular complexity index is 1210. The highest BCUT2D eigenvalue weighted by Gasteiger charge is 2.37. The highest BCUT2D eigenvalue weighted by molar-refractivity contribution is 6.12. The van der Waals surface area contributed by atoms with E-state index < -0.39 is 5.60 Å². The fourth-order valence-electron chi connectivity index (χ4n) is 5.03. The monoisotopic (exact) mass is 647 g/mol. The number of benzene rings is 3. The summed E-state index contributed by atoms with van der Waals surface area (Å²) >= 11 is 0. The molecule has 252 valence electrons. The van der Waals surface area contributed by atoms with Gasteiger partial charge >= 0.3 is 0 Å². The molecular weight excluding hydrogens is 602 g/mol. The lowest BCUT2D eigenvalue weighted by molar-refractivity contribution is -0.137. The largest absolute Gasteiger partial charge is 0.377 e. The summed E-state index contributed by atoms with van der Waals surface area (Å²) in [5.41, 5.74) is 2.42. The summed E-state index contributed by atoms with van der Waals surface area (Å²) in [7, 11) is 0. The number of amides is 2. The zero-order valence-corrected chi connectivity index (χ0v) is 26.8. The van der Waals surface area contributed by atoms with Gasteiger partial charge in [0.25, 0.3) is 11.8 Å². The molecule has 1 heterocycles. The van der Waals surface area contributed by atoms with Crippen LogP contribution >= 0.6 is 0 Å². The van der Waals surface area contributed by atoms with Crippen LogP contribution in [0.25, 0.3) is 0 Å². The number of hydrogen-bond donors (Lipinski definition) is 0. The molecule has 0 bridgehead atoms. The zero-order chi connectivity index (χ0) is 32.8. The van der Waals surface area contributed by atoms with Crippen LogP contribution in [0.15, 0.2) is 103 Å². The topological polar surface area (TPSA) is 102 Å². The van der Waals surface area contributed by atoms with Gasteiger partial charge in [0, 0.05) is 12.2 Å². The van der Waals surface area contributed by atoms with Gasteiger partial charge in [-0.1, -0.05) is 91.0 Å². The molecule has 0 radical (unpaired) electrons. The second-order valence-corrected chi connectivity index (χ2v) is 10.5. The van der Waals surface area contributed by atoms with Gasteiger partial charge in [0.1, 0.15) is 5.60 Å². The lowest BCUT2D eigenvalue weighted by Gasteiger charge is -2.36. The molecule has 10 heteroatoms. The first-order valence-electron chi connectivity index (χ1n) is 16.0. The average molecular weight is 648 g/mol. The first-order chi connectivity index (χ1) is 23.2. The van der Waals surface area contributed by atoms with Crippen LogP contribution in [0.4, 0.5) is 0 Å². The minimum Gasteiger partial charge on any atom is -0.377 e. The predicted octanol–water partition coefficient (Wildman–Crippen LogP) is 4.02. The van der Waals surface area contributed by atoms with Crippen molar-refractivity contribution in [3.63, 3.8) is 0 Å². The van der Waals surface area contributed by atoms with Crippen molar-refractivity contribution in [2.75, 3.05) is 92.4 Å². The predicted molar refractivity (Wildman–Crippen MR) is 176 cm³/mol. The van der Waals surface area contributed by atoms with Crippen molar-refractivity contribution in [1.82, 2.24) is 4.90 Å². The smallest absolute Gasteiger partial charge is 0.253 e. The maximum atomic E-state index is 11.4. The van der Waals surface area contributed by atoms with E-state index in [9.17, 15) is 9.59 Å². The Morgan fingerprint density at radius 3 is 1.04 bits per heavy atom. The van der Waals surface area contributed by atoms with Crippen molar-refractivity contribution in [2.24, 2.45) is 0 Å². The highest BCUT2D eigenvalue weighted by Crippen LogP contribution is 2.40. The molecule has 10 nitrogen and oxygen atoms in total. The Morgan fingerprint density at radius 2 is 0.702 bits per heavy atom. The summed E-state index contributed by atoms with van der Waals surface area (Å²) in [6.45, 7) is 5.84. The molecule has 0 saturated carbocycles. The quantitative estimate of drug-likeness (QED) is 0.0767. The standard InChI is InChI=1S/C37H45NO9/c39-35-16-17-36(40)38(35)18-19-41-20-21-42-22-23-43-24-25-44-26-27-45-28-29-46-30-31-47-37(32-10-4-1-5-11-32,33-12-6-2-7-13-33)34-14-8-3-9-15-34/h1-17H,18-31H2. The normalized spacial score (nSPS) is 13.1. The van der Waals surface area contributed by atoms with Crippen molar-refractivity contribution < 1.29 is 42.7 Å². The summed E-state index contributed by atoms with van der Waals surface area (Å²) in [6.07, 6.45) is 2.52. The summed E-state index contributed by atoms with van der Waals surface area (Å²) in [6, 6.07) is 30.9. The molecule has 3 aromatic rings. The van der Waals surface area contributed by atoms with Gasteiger partial charge < -0.3 is 33.2 Å². The van der Waals surface area contributed by atoms with Gasteiger partial charge in [-0.25, -0.2) is 0 Å². The van der Waals surface area contributed by atoms with Crippen molar-refractivity contribution in [3.8, 4) is 0 Å². The Hall–Kier alpha value is -3.74. The number of imide groups is 1. The van der Waals surface area contributed by atoms with Gasteiger partial charge in [-0.2, -0.15) is 0 Å². The van der Waals surface area contributed by atoms with Gasteiger partial charge in [-0.3, -0.25) is 14.5 Å². The molecular formula is C37H45NO9. The minimum atomic E-state index is -0.757. The second-order valence-electron chi connectivity index (χ2n) is 10.5. The zero-order valence-electron chi connectivity index (χ0n) is 26.8. The summed E-state index contributed by atoms with van der Waals surface area (Å²) in [5.74, 6) is -0.610. The van der Waals surface area contributed by atoms with Crippen molar-refractivity contribution in [3.05, 3.63) is 120 Å². The number of ether oxygens (including phenoxy) is 7. The molecule has 0 aliphatic carbocycles. The number of hydrogen-bond acceptors (Lipinski definition) is 9. The number of carbonyl (C=O) groups excluding carboxylic acids is 2. The van der Waals surface area contributed by atoms with E-state index in [0.29, 0.717) is 79.3 Å². The summed E-state index contributed by atoms with van der Waals surface area (Å²) < 4.78 is 40.0. The molecule has 4 rings (SSSR count). The minimum absolute atomic E-state index is 0.239. The fourth-order valence-corrected chi connectivity index (χ4v) is 5.03. The molecule has 1 aliphatic heterocycles. The summed E-state index contributed by atoms with van der Waals surface area (Å²) in [4.78, 5) is 24.0. The van der Waals surface area contributed by atoms with Crippen LogP contribution in [0, 0.1) is 0 Å². The van der Waals surface area contributed by atoms with Gasteiger partial charge in [-0.15, -0.1) is 0 Å². The molecule has 0 N–H and O–H groups in total. The third kappa shape index (κ3) is 11.8. The van der Waals surface area contributed by atoms with Crippen molar-refractivity contribution in [2.45, 2.75) is 5.60 Å². The van der Waals surface area contributed by atoms with E-state index in [1.165, 1.54) is 12.2 Å². The first kappa shape index (κ1) is 36.1. The Morgan fingerprint density at radius 1 is 0.404 bits per heavy atom. The number of carbonyl (C=O) groups is 2. The van der Waals surface area contributed by atoms with Crippen LogP contribution in [0.5, 0.6) is 0 Å². The van der Waals surface area contributed by atoms with E-state index in [1.807, 2.05) is 54.6 Å². The van der Waals surface area contributed by atoms with Gasteiger partial charge in [-0.05, 0) is 16.7 Å². The van der Waals surface area contributed by atoms with E-state index in [4.69, 9.17) is 33.2 Å². The molecule has 0 spiro atoms. The SMILES string of the molecule is O=C1C=CC(=O)N1CCOCCOCCOCCOCCOCCOCCOC(c1ccccc1)(c1ccccc1)c1ccccc1. The maximum Gasteiger partial charge on any atom is 0.253 e. The molecule has 1 aliphatic rings. The molecule has 0 saturated heterocycles. The van der Waals surface area contributed by atoms with Crippen molar-refractivity contribution in [1.29, 1.82) is 0 Å². The van der Waals surface area contributed by atoms with Crippen LogP contribution in [0.3, 0.4) is 0 Å². The molecule has 0 aromatic heterocycles.